The van der Waals surface area contributed by atoms with Crippen molar-refractivity contribution in [3.05, 3.63) is 23.8 Å². The molecule has 3 nitrogen and oxygen atoms in total. The van der Waals surface area contributed by atoms with E-state index >= 15 is 0 Å². The van der Waals surface area contributed by atoms with Crippen molar-refractivity contribution in [1.29, 1.82) is 0 Å². The number of methoxy groups -OCH3 is 1. The summed E-state index contributed by atoms with van der Waals surface area (Å²) in [6, 6.07) is 6.09. The van der Waals surface area contributed by atoms with Crippen LogP contribution in [0.4, 0.5) is 0 Å². The van der Waals surface area contributed by atoms with Gasteiger partial charge in [0.1, 0.15) is 0 Å². The van der Waals surface area contributed by atoms with Crippen LogP contribution in [0.15, 0.2) is 18.2 Å². The lowest BCUT2D eigenvalue weighted by atomic mass is 10.2. The van der Waals surface area contributed by atoms with Crippen LogP contribution in [0.2, 0.25) is 0 Å². The number of rotatable bonds is 8. The maximum absolute atomic E-state index is 5.67. The SMILES string of the molecule is CCCNCc1ccc(OC)c(OCCC)c1. The fourth-order valence-corrected chi connectivity index (χ4v) is 1.57. The van der Waals surface area contributed by atoms with E-state index in [1.165, 1.54) is 5.56 Å². The molecule has 0 bridgehead atoms. The van der Waals surface area contributed by atoms with Gasteiger partial charge in [-0.3, -0.25) is 0 Å². The maximum Gasteiger partial charge on any atom is 0.161 e. The van der Waals surface area contributed by atoms with E-state index in [2.05, 4.69) is 31.3 Å². The molecule has 96 valence electrons. The minimum absolute atomic E-state index is 0.724. The fourth-order valence-electron chi connectivity index (χ4n) is 1.57. The Morgan fingerprint density at radius 2 is 1.94 bits per heavy atom. The molecule has 0 aliphatic heterocycles. The first-order valence-corrected chi connectivity index (χ1v) is 6.32. The van der Waals surface area contributed by atoms with Crippen molar-refractivity contribution in [1.82, 2.24) is 5.32 Å². The van der Waals surface area contributed by atoms with E-state index < -0.39 is 0 Å². The highest BCUT2D eigenvalue weighted by molar-refractivity contribution is 5.42. The minimum atomic E-state index is 0.724. The lowest BCUT2D eigenvalue weighted by molar-refractivity contribution is 0.294. The van der Waals surface area contributed by atoms with Crippen LogP contribution in [0, 0.1) is 0 Å². The van der Waals surface area contributed by atoms with Gasteiger partial charge in [0.2, 0.25) is 0 Å². The number of nitrogens with one attached hydrogen (secondary N) is 1. The van der Waals surface area contributed by atoms with E-state index in [0.717, 1.165) is 44.0 Å². The minimum Gasteiger partial charge on any atom is -0.493 e. The average Bonchev–Trinajstić information content (AvgIpc) is 2.37. The van der Waals surface area contributed by atoms with Gasteiger partial charge in [0.25, 0.3) is 0 Å². The Hall–Kier alpha value is -1.22. The summed E-state index contributed by atoms with van der Waals surface area (Å²) < 4.78 is 10.9. The zero-order valence-electron chi connectivity index (χ0n) is 11.1. The Bertz CT molecular complexity index is 326. The molecule has 0 radical (unpaired) electrons. The number of hydrogen-bond acceptors (Lipinski definition) is 3. The van der Waals surface area contributed by atoms with Crippen molar-refractivity contribution in [2.45, 2.75) is 33.2 Å². The van der Waals surface area contributed by atoms with Crippen LogP contribution in [0.3, 0.4) is 0 Å². The molecule has 0 aromatic heterocycles. The van der Waals surface area contributed by atoms with E-state index in [1.54, 1.807) is 7.11 Å². The molecule has 0 heterocycles. The van der Waals surface area contributed by atoms with Crippen LogP contribution < -0.4 is 14.8 Å². The summed E-state index contributed by atoms with van der Waals surface area (Å²) in [5.41, 5.74) is 1.23. The molecule has 0 unspecified atom stereocenters. The largest absolute Gasteiger partial charge is 0.493 e. The molecule has 1 N–H and O–H groups in total. The number of benzene rings is 1. The van der Waals surface area contributed by atoms with Crippen molar-refractivity contribution in [2.24, 2.45) is 0 Å². The van der Waals surface area contributed by atoms with Gasteiger partial charge in [-0.25, -0.2) is 0 Å². The summed E-state index contributed by atoms with van der Waals surface area (Å²) in [7, 11) is 1.67. The third-order valence-corrected chi connectivity index (χ3v) is 2.45. The van der Waals surface area contributed by atoms with Gasteiger partial charge in [0.15, 0.2) is 11.5 Å². The first-order chi connectivity index (χ1) is 8.31. The summed E-state index contributed by atoms with van der Waals surface area (Å²) in [6.45, 7) is 6.90. The third kappa shape index (κ3) is 4.65. The van der Waals surface area contributed by atoms with Crippen LogP contribution in [-0.2, 0) is 6.54 Å². The topological polar surface area (TPSA) is 30.5 Å². The van der Waals surface area contributed by atoms with Crippen molar-refractivity contribution in [3.8, 4) is 11.5 Å². The summed E-state index contributed by atoms with van der Waals surface area (Å²) in [5.74, 6) is 1.64. The third-order valence-electron chi connectivity index (χ3n) is 2.45. The normalized spacial score (nSPS) is 10.3. The van der Waals surface area contributed by atoms with Gasteiger partial charge in [-0.2, -0.15) is 0 Å². The highest BCUT2D eigenvalue weighted by Gasteiger charge is 2.05. The molecule has 0 aliphatic rings. The average molecular weight is 237 g/mol. The Balaban J connectivity index is 2.66. The zero-order chi connectivity index (χ0) is 12.5. The summed E-state index contributed by atoms with van der Waals surface area (Å²) in [6.07, 6.45) is 2.15. The second kappa shape index (κ2) is 7.96. The van der Waals surface area contributed by atoms with E-state index in [-0.39, 0.29) is 0 Å². The lowest BCUT2D eigenvalue weighted by Gasteiger charge is -2.12. The van der Waals surface area contributed by atoms with Crippen molar-refractivity contribution in [2.75, 3.05) is 20.3 Å². The van der Waals surface area contributed by atoms with E-state index in [1.807, 2.05) is 6.07 Å². The first-order valence-electron chi connectivity index (χ1n) is 6.32. The van der Waals surface area contributed by atoms with E-state index in [4.69, 9.17) is 9.47 Å². The highest BCUT2D eigenvalue weighted by Crippen LogP contribution is 2.28. The quantitative estimate of drug-likeness (QED) is 0.705. The molecular formula is C14H23NO2. The Kier molecular flexibility index (Phi) is 6.48. The molecule has 1 aromatic carbocycles. The molecule has 0 saturated heterocycles. The van der Waals surface area contributed by atoms with Gasteiger partial charge in [0.05, 0.1) is 13.7 Å². The molecular weight excluding hydrogens is 214 g/mol. The van der Waals surface area contributed by atoms with E-state index in [0.29, 0.717) is 0 Å². The molecule has 0 fully saturated rings. The number of hydrogen-bond donors (Lipinski definition) is 1. The molecule has 1 aromatic rings. The van der Waals surface area contributed by atoms with Crippen molar-refractivity contribution >= 4 is 0 Å². The van der Waals surface area contributed by atoms with Crippen molar-refractivity contribution < 1.29 is 9.47 Å². The van der Waals surface area contributed by atoms with Gasteiger partial charge in [-0.05, 0) is 37.1 Å². The standard InChI is InChI=1S/C14H23NO2/c1-4-8-15-11-12-6-7-13(16-3)14(10-12)17-9-5-2/h6-7,10,15H,4-5,8-9,11H2,1-3H3. The maximum atomic E-state index is 5.67. The molecule has 1 rings (SSSR count). The lowest BCUT2D eigenvalue weighted by Crippen LogP contribution is -2.13. The molecule has 0 atom stereocenters. The van der Waals surface area contributed by atoms with Gasteiger partial charge in [0, 0.05) is 6.54 Å². The summed E-state index contributed by atoms with van der Waals surface area (Å²) in [5, 5.41) is 3.38. The van der Waals surface area contributed by atoms with Crippen LogP contribution in [0.5, 0.6) is 11.5 Å². The summed E-state index contributed by atoms with van der Waals surface area (Å²) >= 11 is 0. The van der Waals surface area contributed by atoms with Gasteiger partial charge < -0.3 is 14.8 Å². The molecule has 0 spiro atoms. The number of ether oxygens (including phenoxy) is 2. The van der Waals surface area contributed by atoms with Gasteiger partial charge in [-0.1, -0.05) is 19.9 Å². The van der Waals surface area contributed by atoms with Crippen LogP contribution >= 0.6 is 0 Å². The predicted octanol–water partition coefficient (Wildman–Crippen LogP) is 2.98. The Labute approximate surface area is 104 Å². The van der Waals surface area contributed by atoms with Crippen LogP contribution in [0.25, 0.3) is 0 Å². The van der Waals surface area contributed by atoms with Crippen LogP contribution in [0.1, 0.15) is 32.3 Å². The highest BCUT2D eigenvalue weighted by atomic mass is 16.5. The molecule has 0 amide bonds. The van der Waals surface area contributed by atoms with Gasteiger partial charge >= 0.3 is 0 Å². The Morgan fingerprint density at radius 1 is 1.12 bits per heavy atom. The molecule has 3 heteroatoms. The molecule has 0 saturated carbocycles. The second-order valence-corrected chi connectivity index (χ2v) is 4.01. The van der Waals surface area contributed by atoms with Crippen LogP contribution in [-0.4, -0.2) is 20.3 Å². The summed E-state index contributed by atoms with van der Waals surface area (Å²) in [4.78, 5) is 0. The molecule has 0 aliphatic carbocycles. The van der Waals surface area contributed by atoms with Gasteiger partial charge in [-0.15, -0.1) is 0 Å². The Morgan fingerprint density at radius 3 is 2.59 bits per heavy atom. The second-order valence-electron chi connectivity index (χ2n) is 4.01. The fraction of sp³-hybridized carbons (Fsp3) is 0.571. The zero-order valence-corrected chi connectivity index (χ0v) is 11.1. The first kappa shape index (κ1) is 13.8. The van der Waals surface area contributed by atoms with Crippen molar-refractivity contribution in [3.63, 3.8) is 0 Å². The monoisotopic (exact) mass is 237 g/mol. The predicted molar refractivity (Wildman–Crippen MR) is 70.8 cm³/mol. The van der Waals surface area contributed by atoms with E-state index in [9.17, 15) is 0 Å². The molecule has 17 heavy (non-hydrogen) atoms. The smallest absolute Gasteiger partial charge is 0.161 e.